The SMILES string of the molecule is COC(=O)[C@@]1(N)CO[C@H](C(F)(F)F)C1.Cl. The Morgan fingerprint density at radius 2 is 2.13 bits per heavy atom. The molecule has 4 nitrogen and oxygen atoms in total. The molecule has 1 rings (SSSR count). The number of carbonyl (C=O) groups is 1. The van der Waals surface area contributed by atoms with Gasteiger partial charge in [0.15, 0.2) is 6.10 Å². The van der Waals surface area contributed by atoms with E-state index in [1.807, 2.05) is 0 Å². The Kier molecular flexibility index (Phi) is 4.38. The van der Waals surface area contributed by atoms with E-state index in [4.69, 9.17) is 5.73 Å². The molecule has 0 aromatic heterocycles. The summed E-state index contributed by atoms with van der Waals surface area (Å²) in [4.78, 5) is 11.0. The average Bonchev–Trinajstić information content (AvgIpc) is 2.47. The van der Waals surface area contributed by atoms with Crippen LogP contribution in [0.4, 0.5) is 13.2 Å². The number of esters is 1. The van der Waals surface area contributed by atoms with Crippen LogP contribution in [0.5, 0.6) is 0 Å². The first-order valence-electron chi connectivity index (χ1n) is 3.85. The molecule has 1 aliphatic rings. The zero-order valence-electron chi connectivity index (χ0n) is 7.84. The van der Waals surface area contributed by atoms with Crippen LogP contribution < -0.4 is 5.73 Å². The molecule has 0 aromatic rings. The number of ether oxygens (including phenoxy) is 2. The Bertz CT molecular complexity index is 248. The molecule has 90 valence electrons. The molecule has 1 saturated heterocycles. The van der Waals surface area contributed by atoms with Crippen LogP contribution in [0.2, 0.25) is 0 Å². The van der Waals surface area contributed by atoms with Gasteiger partial charge in [0, 0.05) is 6.42 Å². The summed E-state index contributed by atoms with van der Waals surface area (Å²) in [6.07, 6.45) is -7.07. The van der Waals surface area contributed by atoms with Gasteiger partial charge in [-0.25, -0.2) is 4.79 Å². The van der Waals surface area contributed by atoms with Gasteiger partial charge in [-0.05, 0) is 0 Å². The second kappa shape index (κ2) is 4.54. The number of rotatable bonds is 1. The first-order chi connectivity index (χ1) is 6.29. The highest BCUT2D eigenvalue weighted by atomic mass is 35.5. The third-order valence-corrected chi connectivity index (χ3v) is 2.05. The molecule has 0 bridgehead atoms. The van der Waals surface area contributed by atoms with E-state index in [1.165, 1.54) is 0 Å². The number of hydrogen-bond acceptors (Lipinski definition) is 4. The van der Waals surface area contributed by atoms with Crippen molar-refractivity contribution >= 4 is 18.4 Å². The van der Waals surface area contributed by atoms with Crippen LogP contribution in [-0.4, -0.2) is 37.5 Å². The van der Waals surface area contributed by atoms with E-state index < -0.39 is 36.8 Å². The molecule has 1 aliphatic heterocycles. The second-order valence-corrected chi connectivity index (χ2v) is 3.19. The lowest BCUT2D eigenvalue weighted by Crippen LogP contribution is -2.50. The van der Waals surface area contributed by atoms with Crippen molar-refractivity contribution in [2.75, 3.05) is 13.7 Å². The Morgan fingerprint density at radius 3 is 2.47 bits per heavy atom. The lowest BCUT2D eigenvalue weighted by molar-refractivity contribution is -0.206. The number of methoxy groups -OCH3 is 1. The third-order valence-electron chi connectivity index (χ3n) is 2.05. The fourth-order valence-electron chi connectivity index (χ4n) is 1.25. The van der Waals surface area contributed by atoms with Gasteiger partial charge in [0.05, 0.1) is 13.7 Å². The molecule has 0 radical (unpaired) electrons. The molecule has 1 heterocycles. The summed E-state index contributed by atoms with van der Waals surface area (Å²) in [7, 11) is 1.07. The van der Waals surface area contributed by atoms with Gasteiger partial charge in [-0.2, -0.15) is 13.2 Å². The Morgan fingerprint density at radius 1 is 1.60 bits per heavy atom. The van der Waals surface area contributed by atoms with Crippen LogP contribution in [0.3, 0.4) is 0 Å². The predicted molar refractivity (Wildman–Crippen MR) is 46.6 cm³/mol. The molecule has 8 heteroatoms. The Hall–Kier alpha value is -0.530. The number of nitrogens with two attached hydrogens (primary N) is 1. The van der Waals surface area contributed by atoms with E-state index in [1.54, 1.807) is 0 Å². The topological polar surface area (TPSA) is 61.5 Å². The number of halogens is 4. The minimum Gasteiger partial charge on any atom is -0.468 e. The second-order valence-electron chi connectivity index (χ2n) is 3.19. The first-order valence-corrected chi connectivity index (χ1v) is 3.85. The smallest absolute Gasteiger partial charge is 0.414 e. The zero-order valence-corrected chi connectivity index (χ0v) is 8.65. The van der Waals surface area contributed by atoms with Crippen LogP contribution in [-0.2, 0) is 14.3 Å². The van der Waals surface area contributed by atoms with E-state index in [9.17, 15) is 18.0 Å². The maximum Gasteiger partial charge on any atom is 0.414 e. The Labute approximate surface area is 90.3 Å². The molecule has 2 atom stereocenters. The largest absolute Gasteiger partial charge is 0.468 e. The monoisotopic (exact) mass is 249 g/mol. The van der Waals surface area contributed by atoms with Crippen LogP contribution in [0.25, 0.3) is 0 Å². The minimum atomic E-state index is -4.49. The Balaban J connectivity index is 0.00000196. The number of alkyl halides is 3. The molecule has 0 aliphatic carbocycles. The van der Waals surface area contributed by atoms with Crippen molar-refractivity contribution in [2.24, 2.45) is 5.73 Å². The normalized spacial score (nSPS) is 30.9. The fourth-order valence-corrected chi connectivity index (χ4v) is 1.25. The zero-order chi connectivity index (χ0) is 11.0. The molecule has 0 spiro atoms. The van der Waals surface area contributed by atoms with Crippen molar-refractivity contribution in [1.82, 2.24) is 0 Å². The van der Waals surface area contributed by atoms with Crippen molar-refractivity contribution in [3.8, 4) is 0 Å². The summed E-state index contributed by atoms with van der Waals surface area (Å²) < 4.78 is 45.1. The first kappa shape index (κ1) is 14.5. The van der Waals surface area contributed by atoms with Crippen molar-refractivity contribution in [3.63, 3.8) is 0 Å². The van der Waals surface area contributed by atoms with Crippen LogP contribution >= 0.6 is 12.4 Å². The van der Waals surface area contributed by atoms with Gasteiger partial charge in [-0.1, -0.05) is 0 Å². The van der Waals surface area contributed by atoms with Gasteiger partial charge in [0.2, 0.25) is 0 Å². The highest BCUT2D eigenvalue weighted by molar-refractivity contribution is 5.85. The summed E-state index contributed by atoms with van der Waals surface area (Å²) in [5.41, 5.74) is 3.73. The van der Waals surface area contributed by atoms with Crippen molar-refractivity contribution in [3.05, 3.63) is 0 Å². The minimum absolute atomic E-state index is 0. The highest BCUT2D eigenvalue weighted by Gasteiger charge is 2.54. The predicted octanol–water partition coefficient (Wildman–Crippen LogP) is 0.630. The van der Waals surface area contributed by atoms with Gasteiger partial charge < -0.3 is 15.2 Å². The quantitative estimate of drug-likeness (QED) is 0.693. The van der Waals surface area contributed by atoms with Crippen LogP contribution in [0, 0.1) is 0 Å². The lowest BCUT2D eigenvalue weighted by Gasteiger charge is -2.18. The summed E-state index contributed by atoms with van der Waals surface area (Å²) >= 11 is 0. The summed E-state index contributed by atoms with van der Waals surface area (Å²) in [5, 5.41) is 0. The van der Waals surface area contributed by atoms with E-state index in [0.717, 1.165) is 7.11 Å². The lowest BCUT2D eigenvalue weighted by atomic mass is 9.97. The summed E-state index contributed by atoms with van der Waals surface area (Å²) in [6, 6.07) is 0. The van der Waals surface area contributed by atoms with Crippen LogP contribution in [0.15, 0.2) is 0 Å². The summed E-state index contributed by atoms with van der Waals surface area (Å²) in [5.74, 6) is -0.885. The van der Waals surface area contributed by atoms with E-state index in [2.05, 4.69) is 9.47 Å². The third kappa shape index (κ3) is 2.96. The maximum atomic E-state index is 12.1. The average molecular weight is 250 g/mol. The fraction of sp³-hybridized carbons (Fsp3) is 0.857. The maximum absolute atomic E-state index is 12.1. The summed E-state index contributed by atoms with van der Waals surface area (Å²) in [6.45, 7) is -0.468. The van der Waals surface area contributed by atoms with Gasteiger partial charge in [0.1, 0.15) is 5.54 Å². The van der Waals surface area contributed by atoms with Gasteiger partial charge >= 0.3 is 12.1 Å². The molecular formula is C7H11ClF3NO3. The van der Waals surface area contributed by atoms with Gasteiger partial charge in [-0.15, -0.1) is 12.4 Å². The molecule has 0 amide bonds. The highest BCUT2D eigenvalue weighted by Crippen LogP contribution is 2.34. The standard InChI is InChI=1S/C7H10F3NO3.ClH/c1-13-5(12)6(11)2-4(14-3-6)7(8,9)10;/h4H,2-3,11H2,1H3;1H/t4-,6-;/m0./s1. The van der Waals surface area contributed by atoms with Crippen molar-refractivity contribution in [1.29, 1.82) is 0 Å². The van der Waals surface area contributed by atoms with E-state index in [-0.39, 0.29) is 12.4 Å². The van der Waals surface area contributed by atoms with E-state index in [0.29, 0.717) is 0 Å². The van der Waals surface area contributed by atoms with Gasteiger partial charge in [-0.3, -0.25) is 0 Å². The molecule has 0 unspecified atom stereocenters. The van der Waals surface area contributed by atoms with E-state index >= 15 is 0 Å². The molecule has 0 saturated carbocycles. The molecule has 0 aromatic carbocycles. The van der Waals surface area contributed by atoms with Crippen molar-refractivity contribution < 1.29 is 27.4 Å². The van der Waals surface area contributed by atoms with Gasteiger partial charge in [0.25, 0.3) is 0 Å². The van der Waals surface area contributed by atoms with Crippen molar-refractivity contribution in [2.45, 2.75) is 24.2 Å². The molecular weight excluding hydrogens is 239 g/mol. The molecule has 1 fully saturated rings. The molecule has 15 heavy (non-hydrogen) atoms. The van der Waals surface area contributed by atoms with Crippen LogP contribution in [0.1, 0.15) is 6.42 Å². The number of hydrogen-bond donors (Lipinski definition) is 1. The number of carbonyl (C=O) groups excluding carboxylic acids is 1. The molecule has 2 N–H and O–H groups in total.